The first-order valence-electron chi connectivity index (χ1n) is 8.78. The third kappa shape index (κ3) is 5.77. The van der Waals surface area contributed by atoms with E-state index in [4.69, 9.17) is 0 Å². The van der Waals surface area contributed by atoms with E-state index in [0.717, 1.165) is 37.6 Å². The molecule has 3 N–H and O–H groups in total. The number of hydrazone groups is 1. The first kappa shape index (κ1) is 17.8. The van der Waals surface area contributed by atoms with Crippen LogP contribution in [0.4, 0.5) is 0 Å². The molecule has 1 fully saturated rings. The molecule has 6 heteroatoms. The van der Waals surface area contributed by atoms with Gasteiger partial charge in [-0.2, -0.15) is 5.10 Å². The van der Waals surface area contributed by atoms with Crippen molar-refractivity contribution in [3.63, 3.8) is 0 Å². The standard InChI is InChI=1S/C19H24N4OS/c1-16-7-8-18(25-16)13-20-21-19(24)15-23-11-9-22(10-12-23)14-17-5-3-2-4-6-17/h2-8,13H,9-12,14-15H2,1H3,(H,21,24)/p+2/b20-13-. The molecule has 5 nitrogen and oxygen atoms in total. The van der Waals surface area contributed by atoms with Crippen LogP contribution in [0.2, 0.25) is 0 Å². The van der Waals surface area contributed by atoms with E-state index < -0.39 is 0 Å². The monoisotopic (exact) mass is 358 g/mol. The lowest BCUT2D eigenvalue weighted by Crippen LogP contribution is -3.28. The Morgan fingerprint density at radius 3 is 2.52 bits per heavy atom. The van der Waals surface area contributed by atoms with Crippen molar-refractivity contribution in [2.75, 3.05) is 32.7 Å². The van der Waals surface area contributed by atoms with Crippen molar-refractivity contribution in [3.05, 3.63) is 57.8 Å². The predicted octanol–water partition coefficient (Wildman–Crippen LogP) is -0.510. The van der Waals surface area contributed by atoms with Crippen molar-refractivity contribution >= 4 is 23.5 Å². The number of benzene rings is 1. The lowest BCUT2D eigenvalue weighted by molar-refractivity contribution is -1.02. The minimum Gasteiger partial charge on any atom is -0.322 e. The summed E-state index contributed by atoms with van der Waals surface area (Å²) in [7, 11) is 0. The zero-order chi connectivity index (χ0) is 17.5. The zero-order valence-corrected chi connectivity index (χ0v) is 15.4. The Morgan fingerprint density at radius 2 is 1.84 bits per heavy atom. The van der Waals surface area contributed by atoms with Crippen LogP contribution < -0.4 is 15.2 Å². The average Bonchev–Trinajstić information content (AvgIpc) is 3.03. The van der Waals surface area contributed by atoms with Crippen molar-refractivity contribution < 1.29 is 14.6 Å². The normalized spacial score (nSPS) is 20.7. The number of carbonyl (C=O) groups excluding carboxylic acids is 1. The van der Waals surface area contributed by atoms with Gasteiger partial charge in [0.1, 0.15) is 32.7 Å². The van der Waals surface area contributed by atoms with Crippen LogP contribution in [-0.2, 0) is 11.3 Å². The molecular formula is C19H26N4OS+2. The van der Waals surface area contributed by atoms with Gasteiger partial charge in [0, 0.05) is 15.3 Å². The Labute approximate surface area is 153 Å². The van der Waals surface area contributed by atoms with Gasteiger partial charge >= 0.3 is 0 Å². The van der Waals surface area contributed by atoms with Gasteiger partial charge in [0.2, 0.25) is 0 Å². The maximum absolute atomic E-state index is 12.0. The lowest BCUT2D eigenvalue weighted by Gasteiger charge is -2.29. The largest absolute Gasteiger partial charge is 0.322 e. The van der Waals surface area contributed by atoms with Gasteiger partial charge in [-0.3, -0.25) is 4.79 Å². The summed E-state index contributed by atoms with van der Waals surface area (Å²) in [6.45, 7) is 7.91. The molecule has 132 valence electrons. The summed E-state index contributed by atoms with van der Waals surface area (Å²) < 4.78 is 0. The number of piperazine rings is 1. The van der Waals surface area contributed by atoms with Crippen molar-refractivity contribution in [2.45, 2.75) is 13.5 Å². The highest BCUT2D eigenvalue weighted by Crippen LogP contribution is 2.12. The van der Waals surface area contributed by atoms with Crippen LogP contribution >= 0.6 is 11.3 Å². The summed E-state index contributed by atoms with van der Waals surface area (Å²) in [6, 6.07) is 14.7. The molecule has 0 radical (unpaired) electrons. The topological polar surface area (TPSA) is 50.3 Å². The van der Waals surface area contributed by atoms with E-state index >= 15 is 0 Å². The van der Waals surface area contributed by atoms with Gasteiger partial charge in [-0.25, -0.2) is 5.43 Å². The van der Waals surface area contributed by atoms with Gasteiger partial charge in [0.05, 0.1) is 6.21 Å². The number of quaternary nitrogens is 2. The molecule has 0 saturated carbocycles. The molecule has 0 bridgehead atoms. The van der Waals surface area contributed by atoms with Crippen LogP contribution in [0.5, 0.6) is 0 Å². The molecule has 1 aliphatic rings. The number of carbonyl (C=O) groups is 1. The number of nitrogens with zero attached hydrogens (tertiary/aromatic N) is 1. The van der Waals surface area contributed by atoms with Crippen molar-refractivity contribution in [1.29, 1.82) is 0 Å². The zero-order valence-electron chi connectivity index (χ0n) is 14.6. The maximum atomic E-state index is 12.0. The molecule has 1 saturated heterocycles. The first-order chi connectivity index (χ1) is 12.2. The molecule has 1 aromatic carbocycles. The Hall–Kier alpha value is -2.02. The minimum absolute atomic E-state index is 0.00830. The van der Waals surface area contributed by atoms with E-state index in [9.17, 15) is 4.79 Å². The Kier molecular flexibility index (Phi) is 6.33. The van der Waals surface area contributed by atoms with Crippen molar-refractivity contribution in [2.24, 2.45) is 5.10 Å². The second-order valence-corrected chi connectivity index (χ2v) is 7.90. The Balaban J connectivity index is 1.37. The minimum atomic E-state index is -0.00830. The highest BCUT2D eigenvalue weighted by Gasteiger charge is 2.24. The molecule has 0 aliphatic carbocycles. The number of thiophene rings is 1. The van der Waals surface area contributed by atoms with Gasteiger partial charge < -0.3 is 9.80 Å². The molecule has 1 amide bonds. The molecule has 2 aromatic rings. The third-order valence-electron chi connectivity index (χ3n) is 4.51. The van der Waals surface area contributed by atoms with E-state index in [-0.39, 0.29) is 5.91 Å². The number of nitrogens with one attached hydrogen (secondary N) is 3. The van der Waals surface area contributed by atoms with Gasteiger partial charge in [0.15, 0.2) is 6.54 Å². The van der Waals surface area contributed by atoms with E-state index in [2.05, 4.69) is 53.8 Å². The van der Waals surface area contributed by atoms with Crippen LogP contribution in [0.3, 0.4) is 0 Å². The Bertz CT molecular complexity index is 705. The molecule has 0 spiro atoms. The second kappa shape index (κ2) is 8.89. The van der Waals surface area contributed by atoms with E-state index in [1.807, 2.05) is 6.07 Å². The van der Waals surface area contributed by atoms with Crippen LogP contribution in [0, 0.1) is 6.92 Å². The fourth-order valence-electron chi connectivity index (χ4n) is 3.15. The van der Waals surface area contributed by atoms with Crippen LogP contribution in [0.15, 0.2) is 47.6 Å². The van der Waals surface area contributed by atoms with Gasteiger partial charge in [-0.05, 0) is 19.1 Å². The number of hydrogen-bond donors (Lipinski definition) is 3. The van der Waals surface area contributed by atoms with Crippen LogP contribution in [0.1, 0.15) is 15.3 Å². The number of aryl methyl sites for hydroxylation is 1. The summed E-state index contributed by atoms with van der Waals surface area (Å²) in [4.78, 5) is 17.3. The van der Waals surface area contributed by atoms with Gasteiger partial charge in [-0.1, -0.05) is 30.3 Å². The van der Waals surface area contributed by atoms with Crippen molar-refractivity contribution in [1.82, 2.24) is 5.43 Å². The summed E-state index contributed by atoms with van der Waals surface area (Å²) in [6.07, 6.45) is 1.72. The Morgan fingerprint density at radius 1 is 1.12 bits per heavy atom. The second-order valence-electron chi connectivity index (χ2n) is 6.58. The molecule has 1 aromatic heterocycles. The lowest BCUT2D eigenvalue weighted by atomic mass is 10.2. The fraction of sp³-hybridized carbons (Fsp3) is 0.368. The molecule has 2 heterocycles. The quantitative estimate of drug-likeness (QED) is 0.473. The molecule has 3 rings (SSSR count). The first-order valence-corrected chi connectivity index (χ1v) is 9.60. The highest BCUT2D eigenvalue weighted by atomic mass is 32.1. The smallest absolute Gasteiger partial charge is 0.295 e. The number of hydrogen-bond acceptors (Lipinski definition) is 3. The van der Waals surface area contributed by atoms with Crippen LogP contribution in [0.25, 0.3) is 0 Å². The predicted molar refractivity (Wildman–Crippen MR) is 101 cm³/mol. The fourth-order valence-corrected chi connectivity index (χ4v) is 3.90. The highest BCUT2D eigenvalue weighted by molar-refractivity contribution is 7.13. The summed E-state index contributed by atoms with van der Waals surface area (Å²) in [5, 5.41) is 4.06. The van der Waals surface area contributed by atoms with Crippen molar-refractivity contribution in [3.8, 4) is 0 Å². The van der Waals surface area contributed by atoms with E-state index in [0.29, 0.717) is 6.54 Å². The van der Waals surface area contributed by atoms with E-state index in [1.54, 1.807) is 22.5 Å². The summed E-state index contributed by atoms with van der Waals surface area (Å²) in [5.41, 5.74) is 4.03. The van der Waals surface area contributed by atoms with Gasteiger partial charge in [-0.15, -0.1) is 11.3 Å². The summed E-state index contributed by atoms with van der Waals surface area (Å²) >= 11 is 1.67. The molecule has 0 atom stereocenters. The van der Waals surface area contributed by atoms with E-state index in [1.165, 1.54) is 15.3 Å². The average molecular weight is 359 g/mol. The molecular weight excluding hydrogens is 332 g/mol. The number of rotatable bonds is 6. The third-order valence-corrected chi connectivity index (χ3v) is 5.45. The summed E-state index contributed by atoms with van der Waals surface area (Å²) in [5.74, 6) is -0.00830. The van der Waals surface area contributed by atoms with Crippen LogP contribution in [-0.4, -0.2) is 44.8 Å². The molecule has 1 aliphatic heterocycles. The number of amides is 1. The molecule has 25 heavy (non-hydrogen) atoms. The maximum Gasteiger partial charge on any atom is 0.295 e. The van der Waals surface area contributed by atoms with Gasteiger partial charge in [0.25, 0.3) is 5.91 Å². The SMILES string of the molecule is Cc1ccc(/C=N\NC(=O)C[NH+]2CC[NH+](Cc3ccccc3)CC2)s1. The molecule has 0 unspecified atom stereocenters.